The number of rotatable bonds is 4. The van der Waals surface area contributed by atoms with E-state index in [0.717, 1.165) is 0 Å². The number of fused-ring (bicyclic) bond motifs is 1. The van der Waals surface area contributed by atoms with Gasteiger partial charge in [0.25, 0.3) is 6.02 Å². The number of hydrogen-bond acceptors (Lipinski definition) is 6. The van der Waals surface area contributed by atoms with E-state index in [9.17, 15) is 5.11 Å². The van der Waals surface area contributed by atoms with Crippen molar-refractivity contribution in [3.63, 3.8) is 0 Å². The molecular weight excluding hydrogens is 226 g/mol. The minimum absolute atomic E-state index is 0.246. The molecule has 7 nitrogen and oxygen atoms in total. The van der Waals surface area contributed by atoms with Gasteiger partial charge >= 0.3 is 0 Å². The first kappa shape index (κ1) is 12.3. The van der Waals surface area contributed by atoms with Gasteiger partial charge in [-0.15, -0.1) is 0 Å². The third kappa shape index (κ3) is 2.56. The summed E-state index contributed by atoms with van der Waals surface area (Å²) in [7, 11) is 0. The third-order valence-corrected chi connectivity index (χ3v) is 2.82. The number of hydrogen-bond donors (Lipinski definition) is 3. The largest absolute Gasteiger partial charge is 0.460 e. The molecule has 3 atom stereocenters. The highest BCUT2D eigenvalue weighted by atomic mass is 16.6. The summed E-state index contributed by atoms with van der Waals surface area (Å²) in [5.74, 6) is 0.297. The monoisotopic (exact) mass is 243 g/mol. The number of aliphatic hydroxyl groups is 2. The van der Waals surface area contributed by atoms with Crippen LogP contribution < -0.4 is 0 Å². The van der Waals surface area contributed by atoms with Crippen LogP contribution in [0.2, 0.25) is 0 Å². The number of nitrogens with one attached hydrogen (secondary N) is 1. The average Bonchev–Trinajstić information content (AvgIpc) is 2.67. The Morgan fingerprint density at radius 3 is 3.12 bits per heavy atom. The minimum atomic E-state index is -0.746. The molecule has 0 spiro atoms. The Labute approximate surface area is 99.2 Å². The Hall–Kier alpha value is -1.18. The molecule has 3 N–H and O–H groups in total. The summed E-state index contributed by atoms with van der Waals surface area (Å²) in [6.07, 6.45) is -1.19. The zero-order valence-corrected chi connectivity index (χ0v) is 9.67. The Bertz CT molecular complexity index is 332. The molecule has 0 amide bonds. The van der Waals surface area contributed by atoms with Gasteiger partial charge in [-0.05, 0) is 6.92 Å². The second-order valence-electron chi connectivity index (χ2n) is 4.15. The van der Waals surface area contributed by atoms with Gasteiger partial charge in [0.2, 0.25) is 0 Å². The molecule has 2 rings (SSSR count). The predicted octanol–water partition coefficient (Wildman–Crippen LogP) is -0.860. The van der Waals surface area contributed by atoms with Crippen LogP contribution in [0.4, 0.5) is 0 Å². The molecule has 1 unspecified atom stereocenters. The molecule has 1 fully saturated rings. The number of amidine groups is 2. The fourth-order valence-corrected chi connectivity index (χ4v) is 1.80. The quantitative estimate of drug-likeness (QED) is 0.597. The van der Waals surface area contributed by atoms with E-state index in [0.29, 0.717) is 31.4 Å². The van der Waals surface area contributed by atoms with E-state index in [1.807, 2.05) is 4.90 Å². The summed E-state index contributed by atoms with van der Waals surface area (Å²) in [5.41, 5.74) is 0. The number of aliphatic imine (C=N–C) groups is 1. The van der Waals surface area contributed by atoms with Gasteiger partial charge < -0.3 is 19.7 Å². The van der Waals surface area contributed by atoms with Crippen LogP contribution in [0.5, 0.6) is 0 Å². The lowest BCUT2D eigenvalue weighted by molar-refractivity contribution is -0.124. The van der Waals surface area contributed by atoms with E-state index in [1.165, 1.54) is 0 Å². The van der Waals surface area contributed by atoms with Crippen LogP contribution in [0.1, 0.15) is 13.3 Å². The summed E-state index contributed by atoms with van der Waals surface area (Å²) in [4.78, 5) is 5.78. The van der Waals surface area contributed by atoms with E-state index in [4.69, 9.17) is 20.0 Å². The van der Waals surface area contributed by atoms with Crippen molar-refractivity contribution in [3.8, 4) is 0 Å². The highest BCUT2D eigenvalue weighted by molar-refractivity contribution is 5.95. The van der Waals surface area contributed by atoms with Crippen LogP contribution >= 0.6 is 0 Å². The molecule has 0 aliphatic carbocycles. The van der Waals surface area contributed by atoms with Crippen LogP contribution in [0, 0.1) is 5.41 Å². The first-order chi connectivity index (χ1) is 8.11. The minimum Gasteiger partial charge on any atom is -0.460 e. The lowest BCUT2D eigenvalue weighted by atomic mass is 10.2. The molecule has 2 aliphatic heterocycles. The Balaban J connectivity index is 2.00. The molecule has 2 aliphatic rings. The molecule has 0 aromatic heterocycles. The molecule has 0 bridgehead atoms. The first-order valence-electron chi connectivity index (χ1n) is 5.61. The summed E-state index contributed by atoms with van der Waals surface area (Å²) in [6, 6.07) is 0.397. The van der Waals surface area contributed by atoms with Gasteiger partial charge in [0, 0.05) is 13.0 Å². The lowest BCUT2D eigenvalue weighted by Crippen LogP contribution is -2.44. The van der Waals surface area contributed by atoms with Gasteiger partial charge in [0.05, 0.1) is 12.7 Å². The van der Waals surface area contributed by atoms with Gasteiger partial charge in [-0.3, -0.25) is 10.3 Å². The van der Waals surface area contributed by atoms with Crippen LogP contribution in [-0.2, 0) is 9.47 Å². The molecule has 7 heteroatoms. The third-order valence-electron chi connectivity index (χ3n) is 2.82. The van der Waals surface area contributed by atoms with Crippen molar-refractivity contribution >= 4 is 11.9 Å². The highest BCUT2D eigenvalue weighted by Crippen LogP contribution is 2.20. The number of aliphatic hydroxyl groups excluding tert-OH is 2. The van der Waals surface area contributed by atoms with Crippen LogP contribution in [0.3, 0.4) is 0 Å². The molecule has 96 valence electrons. The lowest BCUT2D eigenvalue weighted by Gasteiger charge is -2.29. The summed E-state index contributed by atoms with van der Waals surface area (Å²) < 4.78 is 10.9. The maximum Gasteiger partial charge on any atom is 0.296 e. The van der Waals surface area contributed by atoms with Gasteiger partial charge in [-0.25, -0.2) is 0 Å². The molecule has 0 aromatic rings. The Morgan fingerprint density at radius 1 is 1.71 bits per heavy atom. The first-order valence-corrected chi connectivity index (χ1v) is 5.61. The van der Waals surface area contributed by atoms with Crippen LogP contribution in [-0.4, -0.2) is 65.2 Å². The fourth-order valence-electron chi connectivity index (χ4n) is 1.80. The van der Waals surface area contributed by atoms with Crippen molar-refractivity contribution < 1.29 is 19.7 Å². The maximum absolute atomic E-state index is 9.40. The van der Waals surface area contributed by atoms with Crippen LogP contribution in [0.15, 0.2) is 4.99 Å². The normalized spacial score (nSPS) is 27.2. The zero-order valence-electron chi connectivity index (χ0n) is 9.67. The molecule has 0 saturated carbocycles. The maximum atomic E-state index is 9.40. The SMILES string of the molecule is CC(O)[C@@H](CO)O[C@@H]1COC2=NC(=N)CCN21. The second kappa shape index (κ2) is 4.99. The topological polar surface area (TPSA) is 98.4 Å². The Morgan fingerprint density at radius 2 is 2.47 bits per heavy atom. The van der Waals surface area contributed by atoms with E-state index < -0.39 is 12.2 Å². The molecule has 2 heterocycles. The van der Waals surface area contributed by atoms with Gasteiger partial charge in [-0.2, -0.15) is 4.99 Å². The van der Waals surface area contributed by atoms with Crippen molar-refractivity contribution in [3.05, 3.63) is 0 Å². The average molecular weight is 243 g/mol. The molecular formula is C10H17N3O4. The number of nitrogens with zero attached hydrogens (tertiary/aromatic N) is 2. The van der Waals surface area contributed by atoms with Gasteiger partial charge in [0.1, 0.15) is 18.5 Å². The van der Waals surface area contributed by atoms with Crippen molar-refractivity contribution in [2.24, 2.45) is 4.99 Å². The smallest absolute Gasteiger partial charge is 0.296 e. The van der Waals surface area contributed by atoms with E-state index >= 15 is 0 Å². The number of ether oxygens (including phenoxy) is 2. The highest BCUT2D eigenvalue weighted by Gasteiger charge is 2.36. The summed E-state index contributed by atoms with van der Waals surface area (Å²) >= 11 is 0. The summed E-state index contributed by atoms with van der Waals surface area (Å²) in [6.45, 7) is 2.23. The summed E-state index contributed by atoms with van der Waals surface area (Å²) in [5, 5.41) is 25.9. The molecule has 17 heavy (non-hydrogen) atoms. The van der Waals surface area contributed by atoms with Crippen molar-refractivity contribution in [2.75, 3.05) is 19.8 Å². The van der Waals surface area contributed by atoms with Crippen molar-refractivity contribution in [1.82, 2.24) is 4.90 Å². The van der Waals surface area contributed by atoms with Gasteiger partial charge in [-0.1, -0.05) is 0 Å². The van der Waals surface area contributed by atoms with E-state index in [2.05, 4.69) is 4.99 Å². The van der Waals surface area contributed by atoms with Crippen molar-refractivity contribution in [2.45, 2.75) is 31.8 Å². The van der Waals surface area contributed by atoms with Gasteiger partial charge in [0.15, 0.2) is 6.23 Å². The van der Waals surface area contributed by atoms with E-state index in [-0.39, 0.29) is 12.8 Å². The molecule has 1 saturated heterocycles. The van der Waals surface area contributed by atoms with Crippen LogP contribution in [0.25, 0.3) is 0 Å². The zero-order chi connectivity index (χ0) is 12.4. The van der Waals surface area contributed by atoms with Crippen molar-refractivity contribution in [1.29, 1.82) is 5.41 Å². The predicted molar refractivity (Wildman–Crippen MR) is 59.9 cm³/mol. The molecule has 0 radical (unpaired) electrons. The second-order valence-corrected chi connectivity index (χ2v) is 4.15. The molecule has 0 aromatic carbocycles. The van der Waals surface area contributed by atoms with E-state index in [1.54, 1.807) is 6.92 Å². The Kier molecular flexibility index (Phi) is 3.60. The standard InChI is InChI=1S/C10H17N3O4/c1-6(15)7(4-14)17-9-5-16-10-12-8(11)2-3-13(9)10/h6-7,9,11,14-15H,2-5H2,1H3/t6?,7-,9-/m1/s1. The fraction of sp³-hybridized carbons (Fsp3) is 0.800.